The molecule has 0 aromatic rings. The zero-order chi connectivity index (χ0) is 22.5. The summed E-state index contributed by atoms with van der Waals surface area (Å²) >= 11 is 0. The lowest BCUT2D eigenvalue weighted by molar-refractivity contribution is -0.163. The molecule has 13 atom stereocenters. The number of hydrogen-bond acceptors (Lipinski definition) is 6. The fraction of sp³-hybridized carbons (Fsp3) is 0.958. The maximum absolute atomic E-state index is 15.2. The summed E-state index contributed by atoms with van der Waals surface area (Å²) in [6, 6.07) is 0. The Kier molecular flexibility index (Phi) is 4.98. The molecule has 0 aromatic carbocycles. The highest BCUT2D eigenvalue weighted by molar-refractivity contribution is 5.92. The van der Waals surface area contributed by atoms with E-state index in [-0.39, 0.29) is 53.8 Å². The molecule has 6 nitrogen and oxygen atoms in total. The summed E-state index contributed by atoms with van der Waals surface area (Å²) in [5, 5.41) is 39.7. The van der Waals surface area contributed by atoms with Gasteiger partial charge in [0.1, 0.15) is 17.9 Å². The molecule has 5 aliphatic rings. The van der Waals surface area contributed by atoms with Gasteiger partial charge >= 0.3 is 0 Å². The summed E-state index contributed by atoms with van der Waals surface area (Å²) in [6.07, 6.45) is -0.564. The first-order chi connectivity index (χ1) is 14.6. The Morgan fingerprint density at radius 2 is 1.81 bits per heavy atom. The Balaban J connectivity index is 1.51. The van der Waals surface area contributed by atoms with Crippen LogP contribution in [0.15, 0.2) is 0 Å². The number of ether oxygens (including phenoxy) is 1. The van der Waals surface area contributed by atoms with Crippen LogP contribution < -0.4 is 0 Å². The normalized spacial score (nSPS) is 57.4. The highest BCUT2D eigenvalue weighted by Gasteiger charge is 2.81. The van der Waals surface area contributed by atoms with Crippen LogP contribution >= 0.6 is 0 Å². The molecule has 176 valence electrons. The van der Waals surface area contributed by atoms with E-state index in [1.54, 1.807) is 0 Å². The fourth-order valence-electron chi connectivity index (χ4n) is 9.15. The number of ketones is 1. The molecular formula is C24H37FO6. The summed E-state index contributed by atoms with van der Waals surface area (Å²) in [5.41, 5.74) is -1.35. The van der Waals surface area contributed by atoms with Gasteiger partial charge < -0.3 is 25.2 Å². The van der Waals surface area contributed by atoms with Crippen molar-refractivity contribution in [2.45, 2.75) is 83.0 Å². The van der Waals surface area contributed by atoms with Gasteiger partial charge in [0.2, 0.25) is 0 Å². The molecule has 5 rings (SSSR count). The first-order valence-corrected chi connectivity index (χ1v) is 12.0. The minimum absolute atomic E-state index is 0.0658. The van der Waals surface area contributed by atoms with Crippen molar-refractivity contribution >= 4 is 5.78 Å². The largest absolute Gasteiger partial charge is 0.394 e. The van der Waals surface area contributed by atoms with Gasteiger partial charge in [-0.3, -0.25) is 4.79 Å². The molecule has 5 fully saturated rings. The van der Waals surface area contributed by atoms with Gasteiger partial charge in [0.25, 0.3) is 0 Å². The molecule has 1 saturated heterocycles. The minimum Gasteiger partial charge on any atom is -0.394 e. The van der Waals surface area contributed by atoms with Crippen LogP contribution in [0.2, 0.25) is 0 Å². The second-order valence-corrected chi connectivity index (χ2v) is 11.7. The van der Waals surface area contributed by atoms with Crippen LogP contribution in [0.5, 0.6) is 0 Å². The quantitative estimate of drug-likeness (QED) is 0.493. The predicted molar refractivity (Wildman–Crippen MR) is 110 cm³/mol. The number of rotatable bonds is 4. The van der Waals surface area contributed by atoms with Gasteiger partial charge in [-0.05, 0) is 61.2 Å². The highest BCUT2D eigenvalue weighted by Crippen LogP contribution is 2.75. The van der Waals surface area contributed by atoms with Crippen molar-refractivity contribution in [3.05, 3.63) is 0 Å². The van der Waals surface area contributed by atoms with Crippen LogP contribution in [0.3, 0.4) is 0 Å². The molecular weight excluding hydrogens is 403 g/mol. The van der Waals surface area contributed by atoms with Crippen molar-refractivity contribution < 1.29 is 34.3 Å². The number of epoxide rings is 1. The van der Waals surface area contributed by atoms with Crippen LogP contribution in [-0.4, -0.2) is 69.5 Å². The number of Topliss-reactive ketones (excluding diaryl/α,β-unsaturated/α-hetero) is 1. The molecule has 0 amide bonds. The van der Waals surface area contributed by atoms with Crippen LogP contribution in [0, 0.1) is 46.3 Å². The molecule has 4 saturated carbocycles. The smallest absolute Gasteiger partial charge is 0.168 e. The predicted octanol–water partition coefficient (Wildman–Crippen LogP) is 1.47. The number of alkyl halides is 1. The van der Waals surface area contributed by atoms with Crippen molar-refractivity contribution in [1.82, 2.24) is 0 Å². The number of hydrogen-bond donors (Lipinski definition) is 4. The second-order valence-electron chi connectivity index (χ2n) is 11.7. The molecule has 0 radical (unpaired) electrons. The van der Waals surface area contributed by atoms with E-state index in [0.717, 1.165) is 19.3 Å². The van der Waals surface area contributed by atoms with Crippen molar-refractivity contribution in [2.75, 3.05) is 13.2 Å². The maximum atomic E-state index is 15.2. The van der Waals surface area contributed by atoms with Crippen LogP contribution in [0.25, 0.3) is 0 Å². The molecule has 4 aliphatic carbocycles. The summed E-state index contributed by atoms with van der Waals surface area (Å²) < 4.78 is 21.4. The third kappa shape index (κ3) is 2.59. The van der Waals surface area contributed by atoms with E-state index in [1.807, 2.05) is 6.92 Å². The number of aliphatic hydroxyl groups is 4. The van der Waals surface area contributed by atoms with Crippen LogP contribution in [-0.2, 0) is 9.53 Å². The van der Waals surface area contributed by atoms with Gasteiger partial charge in [0.15, 0.2) is 5.78 Å². The summed E-state index contributed by atoms with van der Waals surface area (Å²) in [4.78, 5) is 13.7. The lowest BCUT2D eigenvalue weighted by atomic mass is 9.41. The minimum atomic E-state index is -1.23. The van der Waals surface area contributed by atoms with Crippen LogP contribution in [0.1, 0.15) is 52.9 Å². The molecule has 1 heterocycles. The Bertz CT molecular complexity index is 762. The first kappa shape index (κ1) is 22.2. The van der Waals surface area contributed by atoms with E-state index in [0.29, 0.717) is 6.42 Å². The topological polar surface area (TPSA) is 111 Å². The van der Waals surface area contributed by atoms with Gasteiger partial charge in [0, 0.05) is 17.3 Å². The highest BCUT2D eigenvalue weighted by atomic mass is 19.1. The molecule has 1 aliphatic heterocycles. The van der Waals surface area contributed by atoms with E-state index in [4.69, 9.17) is 4.74 Å². The fourth-order valence-corrected chi connectivity index (χ4v) is 9.15. The SMILES string of the molecule is CC1CC(C(O)CO)CC23OC2C(=O)[C@@H]2[C@@H](CC[C@]4(C)C(C(O)CO)C(F)C[C@@H]24)[C@@]13C. The number of halogens is 1. The van der Waals surface area contributed by atoms with Crippen LogP contribution in [0.4, 0.5) is 4.39 Å². The number of carbonyl (C=O) groups is 1. The van der Waals surface area contributed by atoms with E-state index < -0.39 is 48.0 Å². The van der Waals surface area contributed by atoms with Crippen molar-refractivity contribution in [2.24, 2.45) is 46.3 Å². The Labute approximate surface area is 183 Å². The number of carbonyl (C=O) groups excluding carboxylic acids is 1. The van der Waals surface area contributed by atoms with E-state index >= 15 is 4.39 Å². The van der Waals surface area contributed by atoms with E-state index in [1.165, 1.54) is 0 Å². The molecule has 7 heteroatoms. The lowest BCUT2D eigenvalue weighted by Crippen LogP contribution is -2.64. The molecule has 4 N–H and O–H groups in total. The second kappa shape index (κ2) is 6.95. The Morgan fingerprint density at radius 3 is 2.45 bits per heavy atom. The maximum Gasteiger partial charge on any atom is 0.168 e. The lowest BCUT2D eigenvalue weighted by Gasteiger charge is -2.61. The third-order valence-corrected chi connectivity index (χ3v) is 10.9. The average Bonchev–Trinajstić information content (AvgIpc) is 3.40. The van der Waals surface area contributed by atoms with Gasteiger partial charge in [-0.2, -0.15) is 0 Å². The van der Waals surface area contributed by atoms with Crippen molar-refractivity contribution in [3.8, 4) is 0 Å². The van der Waals surface area contributed by atoms with Gasteiger partial charge in [-0.25, -0.2) is 4.39 Å². The number of fused-ring (bicyclic) bond motifs is 4. The zero-order valence-electron chi connectivity index (χ0n) is 18.7. The number of aliphatic hydroxyl groups excluding tert-OH is 4. The van der Waals surface area contributed by atoms with Gasteiger partial charge in [-0.15, -0.1) is 0 Å². The summed E-state index contributed by atoms with van der Waals surface area (Å²) in [5.74, 6) is -0.853. The molecule has 0 bridgehead atoms. The molecule has 1 spiro atoms. The Hall–Kier alpha value is -0.600. The summed E-state index contributed by atoms with van der Waals surface area (Å²) in [6.45, 7) is 5.64. The molecule has 0 aromatic heterocycles. The third-order valence-electron chi connectivity index (χ3n) is 10.9. The Morgan fingerprint density at radius 1 is 1.13 bits per heavy atom. The average molecular weight is 441 g/mol. The molecule has 8 unspecified atom stereocenters. The van der Waals surface area contributed by atoms with Crippen molar-refractivity contribution in [1.29, 1.82) is 0 Å². The van der Waals surface area contributed by atoms with Gasteiger partial charge in [-0.1, -0.05) is 20.8 Å². The van der Waals surface area contributed by atoms with Crippen molar-refractivity contribution in [3.63, 3.8) is 0 Å². The van der Waals surface area contributed by atoms with E-state index in [9.17, 15) is 25.2 Å². The van der Waals surface area contributed by atoms with Gasteiger partial charge in [0.05, 0.1) is 25.4 Å². The standard InChI is InChI=1S/C24H37FO6/c1-11-6-12(16(28)9-26)8-24-21(31-24)20(30)18-13(23(11,24)3)4-5-22(2)14(18)7-15(25)19(22)17(29)10-27/h11-19,21,26-29H,4-10H2,1-3H3/t11?,12?,13-,14+,15?,16?,17?,18-,19?,21?,22+,23-,24?/m1/s1. The zero-order valence-corrected chi connectivity index (χ0v) is 18.7. The summed E-state index contributed by atoms with van der Waals surface area (Å²) in [7, 11) is 0. The first-order valence-electron chi connectivity index (χ1n) is 12.0. The monoisotopic (exact) mass is 440 g/mol. The molecule has 31 heavy (non-hydrogen) atoms. The van der Waals surface area contributed by atoms with E-state index in [2.05, 4.69) is 13.8 Å².